The van der Waals surface area contributed by atoms with E-state index in [1.165, 1.54) is 6.08 Å². The molecule has 0 aromatic rings. The predicted molar refractivity (Wildman–Crippen MR) is 83.5 cm³/mol. The summed E-state index contributed by atoms with van der Waals surface area (Å²) in [5.41, 5.74) is -0.151. The predicted octanol–water partition coefficient (Wildman–Crippen LogP) is 2.24. The first-order chi connectivity index (χ1) is 10.8. The zero-order chi connectivity index (χ0) is 16.6. The number of carbonyl (C=O) groups is 3. The highest BCUT2D eigenvalue weighted by Crippen LogP contribution is 2.63. The third-order valence-corrected chi connectivity index (χ3v) is 7.57. The number of fused-ring (bicyclic) bond motifs is 5. The van der Waals surface area contributed by atoms with Gasteiger partial charge in [-0.3, -0.25) is 14.4 Å². The van der Waals surface area contributed by atoms with E-state index < -0.39 is 6.10 Å². The van der Waals surface area contributed by atoms with Gasteiger partial charge in [-0.2, -0.15) is 0 Å². The molecule has 124 valence electrons. The Kier molecular flexibility index (Phi) is 3.07. The lowest BCUT2D eigenvalue weighted by Gasteiger charge is -2.57. The lowest BCUT2D eigenvalue weighted by Crippen LogP contribution is -2.59. The number of carbonyl (C=O) groups excluding carboxylic acids is 3. The molecule has 1 N–H and O–H groups in total. The fourth-order valence-electron chi connectivity index (χ4n) is 6.14. The molecule has 0 saturated heterocycles. The van der Waals surface area contributed by atoms with Gasteiger partial charge < -0.3 is 5.11 Å². The number of hydrogen-bond donors (Lipinski definition) is 1. The van der Waals surface area contributed by atoms with Gasteiger partial charge in [0, 0.05) is 23.8 Å². The van der Waals surface area contributed by atoms with Crippen LogP contribution in [0.1, 0.15) is 52.4 Å². The summed E-state index contributed by atoms with van der Waals surface area (Å²) in [7, 11) is 0. The molecule has 4 aliphatic rings. The van der Waals surface area contributed by atoms with Crippen molar-refractivity contribution < 1.29 is 19.5 Å². The van der Waals surface area contributed by atoms with Crippen molar-refractivity contribution in [3.63, 3.8) is 0 Å². The number of ketones is 3. The first-order valence-electron chi connectivity index (χ1n) is 8.79. The molecule has 3 saturated carbocycles. The maximum Gasteiger partial charge on any atom is 0.188 e. The second-order valence-electron chi connectivity index (χ2n) is 8.46. The molecule has 23 heavy (non-hydrogen) atoms. The van der Waals surface area contributed by atoms with Gasteiger partial charge in [-0.05, 0) is 54.9 Å². The molecule has 3 fully saturated rings. The van der Waals surface area contributed by atoms with E-state index in [0.717, 1.165) is 19.3 Å². The van der Waals surface area contributed by atoms with Crippen LogP contribution < -0.4 is 0 Å². The van der Waals surface area contributed by atoms with E-state index in [4.69, 9.17) is 0 Å². The van der Waals surface area contributed by atoms with Gasteiger partial charge in [0.2, 0.25) is 0 Å². The lowest BCUT2D eigenvalue weighted by atomic mass is 9.46. The van der Waals surface area contributed by atoms with Gasteiger partial charge in [0.1, 0.15) is 11.9 Å². The first-order valence-corrected chi connectivity index (χ1v) is 8.79. The Bertz CT molecular complexity index is 648. The van der Waals surface area contributed by atoms with E-state index in [0.29, 0.717) is 30.6 Å². The monoisotopic (exact) mass is 316 g/mol. The van der Waals surface area contributed by atoms with Crippen molar-refractivity contribution in [1.82, 2.24) is 0 Å². The molecule has 0 amide bonds. The maximum absolute atomic E-state index is 12.8. The Labute approximate surface area is 136 Å². The van der Waals surface area contributed by atoms with E-state index in [9.17, 15) is 19.5 Å². The summed E-state index contributed by atoms with van der Waals surface area (Å²) in [6.45, 7) is 4.12. The van der Waals surface area contributed by atoms with E-state index in [1.807, 2.05) is 6.92 Å². The number of aliphatic hydroxyl groups excluding tert-OH is 1. The fourth-order valence-corrected chi connectivity index (χ4v) is 6.14. The Morgan fingerprint density at radius 3 is 2.43 bits per heavy atom. The topological polar surface area (TPSA) is 71.4 Å². The van der Waals surface area contributed by atoms with Crippen LogP contribution in [0.5, 0.6) is 0 Å². The van der Waals surface area contributed by atoms with Crippen molar-refractivity contribution in [3.8, 4) is 0 Å². The molecule has 0 unspecified atom stereocenters. The molecule has 0 aromatic heterocycles. The third-order valence-electron chi connectivity index (χ3n) is 7.57. The number of rotatable bonds is 0. The standard InChI is InChI=1S/C19H24O4/c1-18-7-5-10(20)9-13(18)16(22)17(23)15-11-3-4-14(21)19(11,2)8-6-12(15)18/h9,11-12,15,17,23H,3-8H2,1-2H3/t11-,12-,15-,17-,18+,19-/m0/s1. The minimum atomic E-state index is -1.05. The van der Waals surface area contributed by atoms with Crippen molar-refractivity contribution in [2.45, 2.75) is 58.5 Å². The van der Waals surface area contributed by atoms with E-state index in [1.54, 1.807) is 0 Å². The van der Waals surface area contributed by atoms with E-state index in [2.05, 4.69) is 6.92 Å². The average molecular weight is 316 g/mol. The summed E-state index contributed by atoms with van der Waals surface area (Å²) < 4.78 is 0. The summed E-state index contributed by atoms with van der Waals surface area (Å²) in [5, 5.41) is 10.7. The van der Waals surface area contributed by atoms with E-state index in [-0.39, 0.29) is 40.2 Å². The van der Waals surface area contributed by atoms with Gasteiger partial charge in [-0.15, -0.1) is 0 Å². The fraction of sp³-hybridized carbons (Fsp3) is 0.737. The quantitative estimate of drug-likeness (QED) is 0.744. The van der Waals surface area contributed by atoms with Crippen molar-refractivity contribution in [2.75, 3.05) is 0 Å². The van der Waals surface area contributed by atoms with Gasteiger partial charge in [0.15, 0.2) is 11.6 Å². The maximum atomic E-state index is 12.8. The van der Waals surface area contributed by atoms with Gasteiger partial charge in [-0.25, -0.2) is 0 Å². The Balaban J connectivity index is 1.81. The van der Waals surface area contributed by atoms with Crippen LogP contribution in [0.4, 0.5) is 0 Å². The molecule has 0 aromatic carbocycles. The summed E-state index contributed by atoms with van der Waals surface area (Å²) in [4.78, 5) is 37.0. The highest BCUT2D eigenvalue weighted by Gasteiger charge is 2.63. The summed E-state index contributed by atoms with van der Waals surface area (Å²) in [6, 6.07) is 0. The van der Waals surface area contributed by atoms with Crippen LogP contribution >= 0.6 is 0 Å². The molecular weight excluding hydrogens is 292 g/mol. The molecule has 0 heterocycles. The van der Waals surface area contributed by atoms with Crippen molar-refractivity contribution in [1.29, 1.82) is 0 Å². The molecule has 4 aliphatic carbocycles. The second-order valence-corrected chi connectivity index (χ2v) is 8.46. The first kappa shape index (κ1) is 15.3. The number of hydrogen-bond acceptors (Lipinski definition) is 4. The molecule has 4 rings (SSSR count). The minimum absolute atomic E-state index is 0.00633. The number of aliphatic hydroxyl groups is 1. The zero-order valence-electron chi connectivity index (χ0n) is 13.8. The second kappa shape index (κ2) is 4.62. The summed E-state index contributed by atoms with van der Waals surface area (Å²) in [5.74, 6) is 0.176. The van der Waals surface area contributed by atoms with Crippen LogP contribution in [-0.2, 0) is 14.4 Å². The average Bonchev–Trinajstić information content (AvgIpc) is 2.82. The van der Waals surface area contributed by atoms with Gasteiger partial charge in [-0.1, -0.05) is 13.8 Å². The van der Waals surface area contributed by atoms with Crippen molar-refractivity contribution >= 4 is 17.3 Å². The third kappa shape index (κ3) is 1.79. The number of Topliss-reactive ketones (excluding diaryl/α,β-unsaturated/α-hetero) is 2. The zero-order valence-corrected chi connectivity index (χ0v) is 13.8. The molecule has 0 aliphatic heterocycles. The van der Waals surface area contributed by atoms with Gasteiger partial charge in [0.05, 0.1) is 0 Å². The minimum Gasteiger partial charge on any atom is -0.385 e. The van der Waals surface area contributed by atoms with Gasteiger partial charge >= 0.3 is 0 Å². The molecular formula is C19H24O4. The van der Waals surface area contributed by atoms with Gasteiger partial charge in [0.25, 0.3) is 0 Å². The van der Waals surface area contributed by atoms with Crippen molar-refractivity contribution in [3.05, 3.63) is 11.6 Å². The summed E-state index contributed by atoms with van der Waals surface area (Å²) in [6.07, 6.45) is 4.66. The highest BCUT2D eigenvalue weighted by atomic mass is 16.3. The SMILES string of the molecule is C[C@]12CCC(=O)C=C1C(=O)[C@@H](O)[C@@H]1[C@@H]2CC[C@]2(C)C(=O)CC[C@@H]12. The smallest absolute Gasteiger partial charge is 0.188 e. The Morgan fingerprint density at radius 1 is 1.00 bits per heavy atom. The van der Waals surface area contributed by atoms with Crippen LogP contribution in [0.15, 0.2) is 11.6 Å². The van der Waals surface area contributed by atoms with Crippen LogP contribution in [0.2, 0.25) is 0 Å². The Hall–Kier alpha value is -1.29. The molecule has 0 spiro atoms. The lowest BCUT2D eigenvalue weighted by molar-refractivity contribution is -0.153. The normalized spacial score (nSPS) is 49.3. The largest absolute Gasteiger partial charge is 0.385 e. The van der Waals surface area contributed by atoms with Crippen LogP contribution in [0, 0.1) is 28.6 Å². The van der Waals surface area contributed by atoms with Crippen LogP contribution in [-0.4, -0.2) is 28.6 Å². The van der Waals surface area contributed by atoms with E-state index >= 15 is 0 Å². The van der Waals surface area contributed by atoms with Crippen LogP contribution in [0.25, 0.3) is 0 Å². The molecule has 0 bridgehead atoms. The van der Waals surface area contributed by atoms with Crippen molar-refractivity contribution in [2.24, 2.45) is 28.6 Å². The molecule has 0 radical (unpaired) electrons. The molecule has 4 heteroatoms. The molecule has 6 atom stereocenters. The van der Waals surface area contributed by atoms with Crippen LogP contribution in [0.3, 0.4) is 0 Å². The summed E-state index contributed by atoms with van der Waals surface area (Å²) >= 11 is 0. The Morgan fingerprint density at radius 2 is 1.70 bits per heavy atom. The highest BCUT2D eigenvalue weighted by molar-refractivity contribution is 6.08. The molecule has 4 nitrogen and oxygen atoms in total.